The quantitative estimate of drug-likeness (QED) is 0.734. The minimum atomic E-state index is -0.935. The summed E-state index contributed by atoms with van der Waals surface area (Å²) in [6.45, 7) is 4.16. The lowest BCUT2D eigenvalue weighted by Crippen LogP contribution is -2.04. The molecule has 1 aromatic heterocycles. The van der Waals surface area contributed by atoms with Crippen molar-refractivity contribution in [3.63, 3.8) is 0 Å². The van der Waals surface area contributed by atoms with E-state index in [9.17, 15) is 4.79 Å². The number of rotatable bonds is 3. The monoisotopic (exact) mass is 192 g/mol. The van der Waals surface area contributed by atoms with Crippen molar-refractivity contribution in [2.75, 3.05) is 0 Å². The summed E-state index contributed by atoms with van der Waals surface area (Å²) < 4.78 is 1.66. The Balaban J connectivity index is 2.77. The zero-order valence-electron chi connectivity index (χ0n) is 8.24. The average Bonchev–Trinajstić information content (AvgIpc) is 2.48. The average molecular weight is 192 g/mol. The highest BCUT2D eigenvalue weighted by Crippen LogP contribution is 2.07. The van der Waals surface area contributed by atoms with Crippen molar-refractivity contribution in [3.05, 3.63) is 17.5 Å². The lowest BCUT2D eigenvalue weighted by molar-refractivity contribution is 0.0696. The van der Waals surface area contributed by atoms with E-state index >= 15 is 0 Å². The molecule has 1 aromatic rings. The molecule has 1 heterocycles. The molecule has 0 amide bonds. The molecule has 4 nitrogen and oxygen atoms in total. The van der Waals surface area contributed by atoms with Crippen molar-refractivity contribution >= 4 is 5.97 Å². The van der Waals surface area contributed by atoms with Gasteiger partial charge in [-0.3, -0.25) is 4.68 Å². The smallest absolute Gasteiger partial charge is 0.339 e. The summed E-state index contributed by atoms with van der Waals surface area (Å²) in [5.74, 6) is 4.75. The van der Waals surface area contributed by atoms with Gasteiger partial charge in [-0.15, -0.1) is 11.8 Å². The van der Waals surface area contributed by atoms with Crippen molar-refractivity contribution in [1.82, 2.24) is 9.78 Å². The third kappa shape index (κ3) is 2.13. The third-order valence-corrected chi connectivity index (χ3v) is 1.96. The zero-order valence-corrected chi connectivity index (χ0v) is 8.24. The van der Waals surface area contributed by atoms with Crippen LogP contribution in [-0.2, 0) is 6.54 Å². The van der Waals surface area contributed by atoms with Crippen LogP contribution in [0.4, 0.5) is 0 Å². The maximum atomic E-state index is 10.7. The number of hydrogen-bond donors (Lipinski definition) is 1. The topological polar surface area (TPSA) is 55.1 Å². The van der Waals surface area contributed by atoms with Crippen LogP contribution in [0.15, 0.2) is 6.20 Å². The van der Waals surface area contributed by atoms with Gasteiger partial charge in [-0.2, -0.15) is 5.10 Å². The fraction of sp³-hybridized carbons (Fsp3) is 0.400. The summed E-state index contributed by atoms with van der Waals surface area (Å²) in [7, 11) is 0. The highest BCUT2D eigenvalue weighted by Gasteiger charge is 2.11. The Kier molecular flexibility index (Phi) is 3.29. The van der Waals surface area contributed by atoms with Crippen LogP contribution in [0.3, 0.4) is 0 Å². The van der Waals surface area contributed by atoms with Crippen LogP contribution in [0.1, 0.15) is 29.4 Å². The number of carboxylic acids is 1. The van der Waals surface area contributed by atoms with Gasteiger partial charge >= 0.3 is 5.97 Å². The molecule has 0 saturated heterocycles. The number of carboxylic acid groups (broad SMARTS) is 1. The van der Waals surface area contributed by atoms with Gasteiger partial charge in [-0.05, 0) is 13.8 Å². The Morgan fingerprint density at radius 1 is 1.71 bits per heavy atom. The van der Waals surface area contributed by atoms with Gasteiger partial charge in [0, 0.05) is 12.1 Å². The van der Waals surface area contributed by atoms with Crippen LogP contribution >= 0.6 is 0 Å². The summed E-state index contributed by atoms with van der Waals surface area (Å²) in [4.78, 5) is 10.7. The first kappa shape index (κ1) is 10.3. The van der Waals surface area contributed by atoms with E-state index in [1.54, 1.807) is 18.5 Å². The summed E-state index contributed by atoms with van der Waals surface area (Å²) in [5, 5.41) is 12.7. The predicted octanol–water partition coefficient (Wildman–Crippen LogP) is 1.30. The van der Waals surface area contributed by atoms with Gasteiger partial charge in [0.25, 0.3) is 0 Å². The zero-order chi connectivity index (χ0) is 10.6. The molecule has 0 unspecified atom stereocenters. The van der Waals surface area contributed by atoms with Gasteiger partial charge in [0.1, 0.15) is 5.56 Å². The molecule has 4 heteroatoms. The summed E-state index contributed by atoms with van der Waals surface area (Å²) >= 11 is 0. The van der Waals surface area contributed by atoms with E-state index in [1.807, 2.05) is 0 Å². The molecule has 0 aliphatic heterocycles. The van der Waals surface area contributed by atoms with E-state index in [1.165, 1.54) is 6.20 Å². The normalized spacial score (nSPS) is 9.29. The molecule has 0 aliphatic rings. The maximum Gasteiger partial charge on any atom is 0.339 e. The fourth-order valence-electron chi connectivity index (χ4n) is 1.17. The van der Waals surface area contributed by atoms with E-state index in [0.29, 0.717) is 18.7 Å². The van der Waals surface area contributed by atoms with Crippen molar-refractivity contribution in [3.8, 4) is 11.8 Å². The van der Waals surface area contributed by atoms with Crippen LogP contribution in [-0.4, -0.2) is 20.9 Å². The molecule has 0 bridgehead atoms. The molecule has 1 N–H and O–H groups in total. The molecule has 0 radical (unpaired) electrons. The Labute approximate surface area is 82.5 Å². The lowest BCUT2D eigenvalue weighted by Gasteiger charge is -2.00. The third-order valence-electron chi connectivity index (χ3n) is 1.96. The Morgan fingerprint density at radius 3 is 2.93 bits per heavy atom. The second kappa shape index (κ2) is 4.47. The number of aromatic carboxylic acids is 1. The standard InChI is InChI=1S/C10H12N2O2/c1-3-4-5-6-12-8(2)9(7-11-12)10(13)14/h7H,5-6H2,1-2H3,(H,13,14). The van der Waals surface area contributed by atoms with Gasteiger partial charge in [-0.1, -0.05) is 0 Å². The summed E-state index contributed by atoms with van der Waals surface area (Å²) in [6.07, 6.45) is 2.06. The molecule has 1 rings (SSSR count). The molecular weight excluding hydrogens is 180 g/mol. The first-order chi connectivity index (χ1) is 6.66. The number of nitrogens with zero attached hydrogens (tertiary/aromatic N) is 2. The number of hydrogen-bond acceptors (Lipinski definition) is 2. The second-order valence-electron chi connectivity index (χ2n) is 2.85. The van der Waals surface area contributed by atoms with Gasteiger partial charge in [0.05, 0.1) is 12.7 Å². The second-order valence-corrected chi connectivity index (χ2v) is 2.85. The lowest BCUT2D eigenvalue weighted by atomic mass is 10.2. The van der Waals surface area contributed by atoms with E-state index < -0.39 is 5.97 Å². The SMILES string of the molecule is CC#CCCn1ncc(C(=O)O)c1C. The molecule has 0 aromatic carbocycles. The molecule has 0 spiro atoms. The van der Waals surface area contributed by atoms with Crippen LogP contribution in [0, 0.1) is 18.8 Å². The van der Waals surface area contributed by atoms with E-state index in [-0.39, 0.29) is 5.56 Å². The molecular formula is C10H12N2O2. The Bertz CT molecular complexity index is 396. The van der Waals surface area contributed by atoms with Crippen molar-refractivity contribution < 1.29 is 9.90 Å². The minimum absolute atomic E-state index is 0.259. The summed E-state index contributed by atoms with van der Waals surface area (Å²) in [5.41, 5.74) is 0.935. The van der Waals surface area contributed by atoms with Crippen LogP contribution < -0.4 is 0 Å². The largest absolute Gasteiger partial charge is 0.478 e. The molecule has 0 atom stereocenters. The molecule has 0 saturated carbocycles. The molecule has 74 valence electrons. The van der Waals surface area contributed by atoms with Crippen molar-refractivity contribution in [2.45, 2.75) is 26.8 Å². The van der Waals surface area contributed by atoms with Crippen LogP contribution in [0.25, 0.3) is 0 Å². The van der Waals surface area contributed by atoms with E-state index in [0.717, 1.165) is 0 Å². The van der Waals surface area contributed by atoms with Gasteiger partial charge in [0.15, 0.2) is 0 Å². The maximum absolute atomic E-state index is 10.7. The number of aromatic nitrogens is 2. The summed E-state index contributed by atoms with van der Waals surface area (Å²) in [6, 6.07) is 0. The highest BCUT2D eigenvalue weighted by atomic mass is 16.4. The molecule has 0 fully saturated rings. The Morgan fingerprint density at radius 2 is 2.43 bits per heavy atom. The predicted molar refractivity (Wildman–Crippen MR) is 52.0 cm³/mol. The van der Waals surface area contributed by atoms with E-state index in [4.69, 9.17) is 5.11 Å². The van der Waals surface area contributed by atoms with Crippen molar-refractivity contribution in [2.24, 2.45) is 0 Å². The Hall–Kier alpha value is -1.76. The molecule has 14 heavy (non-hydrogen) atoms. The van der Waals surface area contributed by atoms with Crippen LogP contribution in [0.5, 0.6) is 0 Å². The first-order valence-corrected chi connectivity index (χ1v) is 4.32. The van der Waals surface area contributed by atoms with Gasteiger partial charge < -0.3 is 5.11 Å². The highest BCUT2D eigenvalue weighted by molar-refractivity contribution is 5.88. The molecule has 0 aliphatic carbocycles. The fourth-order valence-corrected chi connectivity index (χ4v) is 1.17. The first-order valence-electron chi connectivity index (χ1n) is 4.32. The van der Waals surface area contributed by atoms with Gasteiger partial charge in [-0.25, -0.2) is 4.79 Å². The van der Waals surface area contributed by atoms with Gasteiger partial charge in [0.2, 0.25) is 0 Å². The number of aryl methyl sites for hydroxylation is 1. The minimum Gasteiger partial charge on any atom is -0.478 e. The number of carbonyl (C=O) groups is 1. The van der Waals surface area contributed by atoms with E-state index in [2.05, 4.69) is 16.9 Å². The van der Waals surface area contributed by atoms with Crippen molar-refractivity contribution in [1.29, 1.82) is 0 Å². The van der Waals surface area contributed by atoms with Crippen LogP contribution in [0.2, 0.25) is 0 Å².